The predicted octanol–water partition coefficient (Wildman–Crippen LogP) is 2.08. The molecule has 8 heteroatoms. The van der Waals surface area contributed by atoms with Gasteiger partial charge in [-0.1, -0.05) is 0 Å². The average Bonchev–Trinajstić information content (AvgIpc) is 2.85. The fraction of sp³-hybridized carbons (Fsp3) is 0.125. The van der Waals surface area contributed by atoms with E-state index in [4.69, 9.17) is 0 Å². The number of benzene rings is 1. The van der Waals surface area contributed by atoms with E-state index in [9.17, 15) is 19.1 Å². The van der Waals surface area contributed by atoms with E-state index in [1.54, 1.807) is 19.9 Å². The summed E-state index contributed by atoms with van der Waals surface area (Å²) in [5.74, 6) is -1.79. The molecule has 0 fully saturated rings. The molecule has 0 aliphatic heterocycles. The zero-order chi connectivity index (χ0) is 17.4. The van der Waals surface area contributed by atoms with Crippen molar-refractivity contribution >= 4 is 5.97 Å². The Kier molecular flexibility index (Phi) is 3.72. The van der Waals surface area contributed by atoms with Crippen LogP contribution in [0, 0.1) is 19.7 Å². The van der Waals surface area contributed by atoms with Gasteiger partial charge < -0.3 is 5.11 Å². The number of aryl methyl sites for hydroxylation is 2. The molecule has 24 heavy (non-hydrogen) atoms. The first-order valence-corrected chi connectivity index (χ1v) is 7.04. The van der Waals surface area contributed by atoms with Crippen molar-refractivity contribution in [2.24, 2.45) is 0 Å². The fourth-order valence-electron chi connectivity index (χ4n) is 2.42. The molecule has 0 amide bonds. The summed E-state index contributed by atoms with van der Waals surface area (Å²) in [5, 5.41) is 13.5. The van der Waals surface area contributed by atoms with Gasteiger partial charge in [0, 0.05) is 11.3 Å². The summed E-state index contributed by atoms with van der Waals surface area (Å²) in [6.45, 7) is 3.57. The number of hydrogen-bond acceptors (Lipinski definition) is 4. The van der Waals surface area contributed by atoms with Crippen LogP contribution in [-0.2, 0) is 0 Å². The van der Waals surface area contributed by atoms with Crippen molar-refractivity contribution in [2.75, 3.05) is 0 Å². The van der Waals surface area contributed by atoms with E-state index in [-0.39, 0.29) is 11.6 Å². The molecule has 0 atom stereocenters. The summed E-state index contributed by atoms with van der Waals surface area (Å²) < 4.78 is 14.5. The van der Waals surface area contributed by atoms with Gasteiger partial charge in [0.1, 0.15) is 5.82 Å². The second-order valence-electron chi connectivity index (χ2n) is 5.26. The number of H-pyrrole nitrogens is 1. The Morgan fingerprint density at radius 2 is 1.92 bits per heavy atom. The zero-order valence-corrected chi connectivity index (χ0v) is 12.9. The number of aromatic carboxylic acids is 1. The molecule has 3 rings (SSSR count). The monoisotopic (exact) mass is 328 g/mol. The van der Waals surface area contributed by atoms with Crippen LogP contribution in [0.3, 0.4) is 0 Å². The van der Waals surface area contributed by atoms with E-state index < -0.39 is 22.9 Å². The molecule has 0 saturated heterocycles. The minimum Gasteiger partial charge on any atom is -0.477 e. The molecule has 0 spiro atoms. The number of carboxylic acids is 1. The lowest BCUT2D eigenvalue weighted by molar-refractivity contribution is 0.0695. The number of aromatic nitrogens is 4. The van der Waals surface area contributed by atoms with Crippen LogP contribution in [0.15, 0.2) is 35.1 Å². The zero-order valence-electron chi connectivity index (χ0n) is 12.9. The lowest BCUT2D eigenvalue weighted by atomic mass is 10.1. The first-order valence-electron chi connectivity index (χ1n) is 7.04. The summed E-state index contributed by atoms with van der Waals surface area (Å²) in [6, 6.07) is 6.88. The van der Waals surface area contributed by atoms with Crippen LogP contribution < -0.4 is 5.56 Å². The number of carbonyl (C=O) groups is 1. The Hall–Kier alpha value is -3.29. The van der Waals surface area contributed by atoms with Gasteiger partial charge in [-0.2, -0.15) is 5.10 Å². The van der Waals surface area contributed by atoms with Gasteiger partial charge >= 0.3 is 5.97 Å². The van der Waals surface area contributed by atoms with E-state index in [0.29, 0.717) is 5.56 Å². The Balaban J connectivity index is 2.29. The molecule has 0 saturated carbocycles. The highest BCUT2D eigenvalue weighted by Gasteiger charge is 2.21. The van der Waals surface area contributed by atoms with Crippen molar-refractivity contribution in [2.45, 2.75) is 13.8 Å². The Morgan fingerprint density at radius 1 is 1.25 bits per heavy atom. The topological polar surface area (TPSA) is 101 Å². The van der Waals surface area contributed by atoms with Crippen molar-refractivity contribution in [3.8, 4) is 17.2 Å². The van der Waals surface area contributed by atoms with Crippen LogP contribution in [-0.4, -0.2) is 30.8 Å². The molecule has 1 aromatic carbocycles. The van der Waals surface area contributed by atoms with Gasteiger partial charge in [0.2, 0.25) is 5.95 Å². The van der Waals surface area contributed by atoms with E-state index >= 15 is 0 Å². The molecule has 2 N–H and O–H groups in total. The normalized spacial score (nSPS) is 10.8. The average molecular weight is 328 g/mol. The minimum absolute atomic E-state index is 0.0474. The highest BCUT2D eigenvalue weighted by atomic mass is 19.1. The smallest absolute Gasteiger partial charge is 0.343 e. The fourth-order valence-corrected chi connectivity index (χ4v) is 2.42. The van der Waals surface area contributed by atoms with Crippen molar-refractivity contribution in [1.29, 1.82) is 0 Å². The Morgan fingerprint density at radius 3 is 2.46 bits per heavy atom. The molecular weight excluding hydrogens is 315 g/mol. The number of carboxylic acid groups (broad SMARTS) is 1. The second kappa shape index (κ2) is 5.73. The quantitative estimate of drug-likeness (QED) is 0.766. The maximum atomic E-state index is 13.1. The van der Waals surface area contributed by atoms with Gasteiger partial charge in [0.05, 0.1) is 11.4 Å². The third-order valence-electron chi connectivity index (χ3n) is 3.45. The van der Waals surface area contributed by atoms with E-state index in [1.807, 2.05) is 0 Å². The molecule has 0 bridgehead atoms. The van der Waals surface area contributed by atoms with E-state index in [1.165, 1.54) is 28.9 Å². The molecule has 0 radical (unpaired) electrons. The number of rotatable bonds is 3. The molecule has 2 aromatic heterocycles. The second-order valence-corrected chi connectivity index (χ2v) is 5.26. The minimum atomic E-state index is -1.41. The van der Waals surface area contributed by atoms with Crippen LogP contribution in [0.4, 0.5) is 4.39 Å². The SMILES string of the molecule is Cc1cc(C)n(-c2nc(-c3ccc(F)cc3)c(C(=O)O)c(=O)[nH]2)n1. The van der Waals surface area contributed by atoms with Crippen LogP contribution in [0.2, 0.25) is 0 Å². The number of halogens is 1. The van der Waals surface area contributed by atoms with Crippen molar-refractivity contribution < 1.29 is 14.3 Å². The van der Waals surface area contributed by atoms with Gasteiger partial charge in [-0.25, -0.2) is 18.9 Å². The molecule has 122 valence electrons. The summed E-state index contributed by atoms with van der Waals surface area (Å²) in [6.07, 6.45) is 0. The van der Waals surface area contributed by atoms with Gasteiger partial charge in [0.15, 0.2) is 5.56 Å². The van der Waals surface area contributed by atoms with Crippen LogP contribution in [0.25, 0.3) is 17.2 Å². The molecule has 0 unspecified atom stereocenters. The molecule has 0 aliphatic carbocycles. The van der Waals surface area contributed by atoms with E-state index in [2.05, 4.69) is 15.1 Å². The van der Waals surface area contributed by atoms with Crippen LogP contribution >= 0.6 is 0 Å². The Bertz CT molecular complexity index is 990. The molecule has 2 heterocycles. The number of nitrogens with zero attached hydrogens (tertiary/aromatic N) is 3. The van der Waals surface area contributed by atoms with Gasteiger partial charge in [-0.3, -0.25) is 9.78 Å². The third-order valence-corrected chi connectivity index (χ3v) is 3.45. The third kappa shape index (κ3) is 2.69. The Labute approximate surface area is 135 Å². The lowest BCUT2D eigenvalue weighted by Crippen LogP contribution is -2.23. The first kappa shape index (κ1) is 15.6. The van der Waals surface area contributed by atoms with Crippen LogP contribution in [0.1, 0.15) is 21.7 Å². The largest absolute Gasteiger partial charge is 0.477 e. The van der Waals surface area contributed by atoms with E-state index in [0.717, 1.165) is 11.4 Å². The summed E-state index contributed by atoms with van der Waals surface area (Å²) in [5.41, 5.74) is 0.410. The number of aromatic amines is 1. The standard InChI is InChI=1S/C16H13FN4O3/c1-8-7-9(2)21(20-8)16-18-13(10-3-5-11(17)6-4-10)12(15(23)24)14(22)19-16/h3-7H,1-2H3,(H,23,24)(H,18,19,22). The number of nitrogens with one attached hydrogen (secondary N) is 1. The summed E-state index contributed by atoms with van der Waals surface area (Å²) in [7, 11) is 0. The highest BCUT2D eigenvalue weighted by molar-refractivity contribution is 5.94. The van der Waals surface area contributed by atoms with Crippen molar-refractivity contribution in [3.05, 3.63) is 63.5 Å². The van der Waals surface area contributed by atoms with Gasteiger partial charge in [-0.15, -0.1) is 0 Å². The summed E-state index contributed by atoms with van der Waals surface area (Å²) >= 11 is 0. The predicted molar refractivity (Wildman–Crippen MR) is 83.8 cm³/mol. The maximum absolute atomic E-state index is 13.1. The first-order chi connectivity index (χ1) is 11.4. The maximum Gasteiger partial charge on any atom is 0.343 e. The number of hydrogen-bond donors (Lipinski definition) is 2. The highest BCUT2D eigenvalue weighted by Crippen LogP contribution is 2.21. The van der Waals surface area contributed by atoms with Crippen molar-refractivity contribution in [3.63, 3.8) is 0 Å². The lowest BCUT2D eigenvalue weighted by Gasteiger charge is -2.09. The molecule has 7 nitrogen and oxygen atoms in total. The van der Waals surface area contributed by atoms with Crippen LogP contribution in [0.5, 0.6) is 0 Å². The van der Waals surface area contributed by atoms with Crippen molar-refractivity contribution in [1.82, 2.24) is 19.7 Å². The molecule has 3 aromatic rings. The molecular formula is C16H13FN4O3. The van der Waals surface area contributed by atoms with Gasteiger partial charge in [-0.05, 0) is 44.2 Å². The molecule has 0 aliphatic rings. The summed E-state index contributed by atoms with van der Waals surface area (Å²) in [4.78, 5) is 30.4. The van der Waals surface area contributed by atoms with Gasteiger partial charge in [0.25, 0.3) is 5.56 Å².